The molecule has 7 heteroatoms. The highest BCUT2D eigenvalue weighted by Crippen LogP contribution is 2.27. The highest BCUT2D eigenvalue weighted by Gasteiger charge is 2.31. The number of nitrogens with zero attached hydrogens (tertiary/aromatic N) is 1. The fourth-order valence-corrected chi connectivity index (χ4v) is 3.24. The first kappa shape index (κ1) is 18.0. The predicted octanol–water partition coefficient (Wildman–Crippen LogP) is 2.85. The molecule has 2 N–H and O–H groups in total. The summed E-state index contributed by atoms with van der Waals surface area (Å²) < 4.78 is 11.0. The number of rotatable bonds is 6. The number of aryl methyl sites for hydroxylation is 2. The molecule has 0 aliphatic heterocycles. The van der Waals surface area contributed by atoms with Gasteiger partial charge in [0, 0.05) is 6.04 Å². The number of hydrogen-bond acceptors (Lipinski definition) is 5. The molecule has 0 spiro atoms. The number of carbonyl (C=O) groups is 2. The molecular weight excluding hydrogens is 336 g/mol. The third-order valence-electron chi connectivity index (χ3n) is 4.80. The molecule has 1 fully saturated rings. The zero-order valence-corrected chi connectivity index (χ0v) is 14.8. The Morgan fingerprint density at radius 3 is 2.73 bits per heavy atom. The largest absolute Gasteiger partial charge is 0.488 e. The van der Waals surface area contributed by atoms with E-state index >= 15 is 0 Å². The van der Waals surface area contributed by atoms with E-state index in [0.29, 0.717) is 36.3 Å². The van der Waals surface area contributed by atoms with Crippen molar-refractivity contribution in [3.05, 3.63) is 46.8 Å². The highest BCUT2D eigenvalue weighted by atomic mass is 16.5. The lowest BCUT2D eigenvalue weighted by atomic mass is 10.1. The van der Waals surface area contributed by atoms with E-state index in [2.05, 4.69) is 10.5 Å². The molecular formula is C19H22N2O5. The number of aliphatic carboxylic acids is 1. The van der Waals surface area contributed by atoms with Gasteiger partial charge in [0.05, 0.1) is 22.7 Å². The van der Waals surface area contributed by atoms with Gasteiger partial charge in [0.1, 0.15) is 18.1 Å². The van der Waals surface area contributed by atoms with Gasteiger partial charge in [-0.3, -0.25) is 9.59 Å². The van der Waals surface area contributed by atoms with Crippen molar-refractivity contribution in [2.45, 2.75) is 45.8 Å². The van der Waals surface area contributed by atoms with Crippen LogP contribution in [0.1, 0.15) is 46.6 Å². The Morgan fingerprint density at radius 1 is 1.31 bits per heavy atom. The molecule has 138 valence electrons. The zero-order valence-electron chi connectivity index (χ0n) is 14.8. The first-order valence-electron chi connectivity index (χ1n) is 8.63. The number of nitrogens with one attached hydrogen (secondary N) is 1. The third-order valence-corrected chi connectivity index (χ3v) is 4.80. The minimum atomic E-state index is -0.801. The summed E-state index contributed by atoms with van der Waals surface area (Å²) in [6.07, 6.45) is 1.72. The van der Waals surface area contributed by atoms with Crippen LogP contribution in [-0.2, 0) is 11.4 Å². The van der Waals surface area contributed by atoms with E-state index in [-0.39, 0.29) is 24.5 Å². The average molecular weight is 358 g/mol. The Bertz CT molecular complexity index is 795. The van der Waals surface area contributed by atoms with Crippen LogP contribution in [0.5, 0.6) is 5.75 Å². The fourth-order valence-electron chi connectivity index (χ4n) is 3.24. The van der Waals surface area contributed by atoms with Gasteiger partial charge in [-0.15, -0.1) is 0 Å². The van der Waals surface area contributed by atoms with E-state index in [0.717, 1.165) is 11.3 Å². The van der Waals surface area contributed by atoms with Gasteiger partial charge >= 0.3 is 5.97 Å². The second kappa shape index (κ2) is 7.59. The van der Waals surface area contributed by atoms with Crippen LogP contribution in [0, 0.1) is 19.8 Å². The van der Waals surface area contributed by atoms with E-state index in [1.54, 1.807) is 24.3 Å². The van der Waals surface area contributed by atoms with E-state index in [9.17, 15) is 9.59 Å². The number of carboxylic acid groups (broad SMARTS) is 1. The molecule has 1 aromatic carbocycles. The minimum Gasteiger partial charge on any atom is -0.488 e. The number of aromatic nitrogens is 1. The molecule has 1 aromatic heterocycles. The van der Waals surface area contributed by atoms with Crippen LogP contribution < -0.4 is 10.1 Å². The summed E-state index contributed by atoms with van der Waals surface area (Å²) >= 11 is 0. The SMILES string of the molecule is Cc1noc(C)c1COc1ccccc1C(=O)N[C@H]1CC[C@@H](C(=O)O)C1. The summed E-state index contributed by atoms with van der Waals surface area (Å²) in [5.41, 5.74) is 2.05. The second-order valence-corrected chi connectivity index (χ2v) is 6.61. The van der Waals surface area contributed by atoms with Gasteiger partial charge in [-0.2, -0.15) is 0 Å². The lowest BCUT2D eigenvalue weighted by Crippen LogP contribution is -2.33. The van der Waals surface area contributed by atoms with Gasteiger partial charge in [-0.25, -0.2) is 0 Å². The van der Waals surface area contributed by atoms with Crippen molar-refractivity contribution in [3.8, 4) is 5.75 Å². The van der Waals surface area contributed by atoms with Crippen molar-refractivity contribution in [2.75, 3.05) is 0 Å². The van der Waals surface area contributed by atoms with Crippen molar-refractivity contribution < 1.29 is 24.0 Å². The summed E-state index contributed by atoms with van der Waals surface area (Å²) in [5.74, 6) is -0.278. The van der Waals surface area contributed by atoms with E-state index in [4.69, 9.17) is 14.4 Å². The van der Waals surface area contributed by atoms with Gasteiger partial charge in [0.15, 0.2) is 0 Å². The number of carboxylic acids is 1. The molecule has 1 amide bonds. The van der Waals surface area contributed by atoms with Crippen molar-refractivity contribution in [3.63, 3.8) is 0 Å². The predicted molar refractivity (Wildman–Crippen MR) is 93.0 cm³/mol. The number of carbonyl (C=O) groups excluding carboxylic acids is 1. The summed E-state index contributed by atoms with van der Waals surface area (Å²) in [5, 5.41) is 15.9. The Hall–Kier alpha value is -2.83. The molecule has 3 rings (SSSR count). The standard InChI is InChI=1S/C19H22N2O5/c1-11-16(12(2)26-21-11)10-25-17-6-4-3-5-15(17)18(22)20-14-8-7-13(9-14)19(23)24/h3-6,13-14H,7-10H2,1-2H3,(H,20,22)(H,23,24)/t13-,14+/m1/s1. The maximum atomic E-state index is 12.6. The maximum absolute atomic E-state index is 12.6. The van der Waals surface area contributed by atoms with Crippen molar-refractivity contribution >= 4 is 11.9 Å². The van der Waals surface area contributed by atoms with Crippen LogP contribution in [0.25, 0.3) is 0 Å². The summed E-state index contributed by atoms with van der Waals surface area (Å²) in [6, 6.07) is 6.88. The van der Waals surface area contributed by atoms with Crippen LogP contribution in [0.3, 0.4) is 0 Å². The van der Waals surface area contributed by atoms with Crippen LogP contribution in [0.2, 0.25) is 0 Å². The topological polar surface area (TPSA) is 102 Å². The third kappa shape index (κ3) is 3.87. The lowest BCUT2D eigenvalue weighted by Gasteiger charge is -2.15. The highest BCUT2D eigenvalue weighted by molar-refractivity contribution is 5.97. The zero-order chi connectivity index (χ0) is 18.7. The quantitative estimate of drug-likeness (QED) is 0.823. The molecule has 2 atom stereocenters. The normalized spacial score (nSPS) is 19.3. The van der Waals surface area contributed by atoms with Gasteiger partial charge in [-0.05, 0) is 45.2 Å². The number of amides is 1. The molecule has 2 aromatic rings. The number of ether oxygens (including phenoxy) is 1. The molecule has 7 nitrogen and oxygen atoms in total. The van der Waals surface area contributed by atoms with Gasteiger partial charge in [0.25, 0.3) is 5.91 Å². The fraction of sp³-hybridized carbons (Fsp3) is 0.421. The van der Waals surface area contributed by atoms with E-state index < -0.39 is 5.97 Å². The second-order valence-electron chi connectivity index (χ2n) is 6.61. The smallest absolute Gasteiger partial charge is 0.306 e. The van der Waals surface area contributed by atoms with Gasteiger partial charge in [-0.1, -0.05) is 17.3 Å². The van der Waals surface area contributed by atoms with E-state index in [1.807, 2.05) is 13.8 Å². The number of para-hydroxylation sites is 1. The minimum absolute atomic E-state index is 0.126. The number of hydrogen-bond donors (Lipinski definition) is 2. The molecule has 0 bridgehead atoms. The number of benzene rings is 1. The van der Waals surface area contributed by atoms with Crippen molar-refractivity contribution in [1.82, 2.24) is 10.5 Å². The molecule has 0 saturated heterocycles. The maximum Gasteiger partial charge on any atom is 0.306 e. The van der Waals surface area contributed by atoms with Crippen LogP contribution in [0.15, 0.2) is 28.8 Å². The van der Waals surface area contributed by atoms with E-state index in [1.165, 1.54) is 0 Å². The first-order valence-corrected chi connectivity index (χ1v) is 8.63. The summed E-state index contributed by atoms with van der Waals surface area (Å²) in [7, 11) is 0. The first-order chi connectivity index (χ1) is 12.5. The molecule has 1 aliphatic rings. The monoisotopic (exact) mass is 358 g/mol. The van der Waals surface area contributed by atoms with Crippen molar-refractivity contribution in [1.29, 1.82) is 0 Å². The Kier molecular flexibility index (Phi) is 5.25. The van der Waals surface area contributed by atoms with Gasteiger partial charge < -0.3 is 19.7 Å². The van der Waals surface area contributed by atoms with Crippen LogP contribution >= 0.6 is 0 Å². The van der Waals surface area contributed by atoms with Gasteiger partial charge in [0.2, 0.25) is 0 Å². The Balaban J connectivity index is 1.67. The summed E-state index contributed by atoms with van der Waals surface area (Å²) in [4.78, 5) is 23.7. The molecule has 1 saturated carbocycles. The molecule has 1 heterocycles. The van der Waals surface area contributed by atoms with Crippen LogP contribution in [-0.4, -0.2) is 28.2 Å². The Morgan fingerprint density at radius 2 is 2.08 bits per heavy atom. The Labute approximate surface area is 151 Å². The van der Waals surface area contributed by atoms with Crippen molar-refractivity contribution in [2.24, 2.45) is 5.92 Å². The molecule has 26 heavy (non-hydrogen) atoms. The lowest BCUT2D eigenvalue weighted by molar-refractivity contribution is -0.141. The molecule has 0 radical (unpaired) electrons. The molecule has 0 unspecified atom stereocenters. The summed E-state index contributed by atoms with van der Waals surface area (Å²) in [6.45, 7) is 3.92. The molecule has 1 aliphatic carbocycles. The van der Waals surface area contributed by atoms with Crippen LogP contribution in [0.4, 0.5) is 0 Å². The average Bonchev–Trinajstić information content (AvgIpc) is 3.21.